The summed E-state index contributed by atoms with van der Waals surface area (Å²) in [4.78, 5) is 14.4. The topological polar surface area (TPSA) is 37.3 Å². The average Bonchev–Trinajstić information content (AvgIpc) is 2.37. The number of hydrogen-bond acceptors (Lipinski definition) is 3. The Morgan fingerprint density at radius 2 is 2.18 bits per heavy atom. The van der Waals surface area contributed by atoms with Crippen molar-refractivity contribution in [2.24, 2.45) is 5.92 Å². The predicted octanol–water partition coefficient (Wildman–Crippen LogP) is 2.34. The van der Waals surface area contributed by atoms with Crippen LogP contribution in [0.3, 0.4) is 0 Å². The molecule has 3 rings (SSSR count). The van der Waals surface area contributed by atoms with E-state index in [2.05, 4.69) is 12.1 Å². The zero-order chi connectivity index (χ0) is 11.8. The second-order valence-corrected chi connectivity index (χ2v) is 5.33. The molecule has 3 heteroatoms. The van der Waals surface area contributed by atoms with E-state index in [-0.39, 0.29) is 18.3 Å². The van der Waals surface area contributed by atoms with Crippen molar-refractivity contribution in [2.75, 3.05) is 6.61 Å². The first kappa shape index (κ1) is 10.8. The molecule has 0 bridgehead atoms. The number of aliphatic hydroxyl groups excluding tert-OH is 1. The van der Waals surface area contributed by atoms with E-state index < -0.39 is 0 Å². The smallest absolute Gasteiger partial charge is 0.169 e. The molecule has 1 aliphatic heterocycles. The number of thioether (sulfide) groups is 1. The van der Waals surface area contributed by atoms with Crippen LogP contribution in [0.15, 0.2) is 51.8 Å². The summed E-state index contributed by atoms with van der Waals surface area (Å²) in [5.41, 5.74) is 2.06. The van der Waals surface area contributed by atoms with Crippen LogP contribution in [0, 0.1) is 5.92 Å². The summed E-state index contributed by atoms with van der Waals surface area (Å²) in [5, 5.41) is 9.15. The van der Waals surface area contributed by atoms with Gasteiger partial charge in [-0.25, -0.2) is 0 Å². The minimum absolute atomic E-state index is 0.0759. The molecule has 1 heterocycles. The summed E-state index contributed by atoms with van der Waals surface area (Å²) < 4.78 is 0. The molecule has 1 aromatic carbocycles. The van der Waals surface area contributed by atoms with E-state index >= 15 is 0 Å². The van der Waals surface area contributed by atoms with Gasteiger partial charge >= 0.3 is 0 Å². The lowest BCUT2D eigenvalue weighted by Crippen LogP contribution is -2.24. The first-order valence-corrected chi connectivity index (χ1v) is 6.43. The van der Waals surface area contributed by atoms with Crippen molar-refractivity contribution >= 4 is 17.5 Å². The summed E-state index contributed by atoms with van der Waals surface area (Å²) in [6.07, 6.45) is 4.47. The highest BCUT2D eigenvalue weighted by Gasteiger charge is 2.29. The van der Waals surface area contributed by atoms with Crippen molar-refractivity contribution < 1.29 is 9.90 Å². The third kappa shape index (κ3) is 1.75. The van der Waals surface area contributed by atoms with Crippen molar-refractivity contribution in [2.45, 2.75) is 11.3 Å². The van der Waals surface area contributed by atoms with Gasteiger partial charge < -0.3 is 5.11 Å². The Kier molecular flexibility index (Phi) is 2.65. The van der Waals surface area contributed by atoms with Crippen LogP contribution < -0.4 is 0 Å². The highest BCUT2D eigenvalue weighted by Crippen LogP contribution is 2.41. The number of ketones is 1. The normalized spacial score (nSPS) is 22.4. The number of rotatable bonds is 1. The largest absolute Gasteiger partial charge is 0.395 e. The Morgan fingerprint density at radius 1 is 1.35 bits per heavy atom. The van der Waals surface area contributed by atoms with E-state index in [4.69, 9.17) is 5.11 Å². The first-order chi connectivity index (χ1) is 8.29. The molecule has 0 aromatic heterocycles. The lowest BCUT2D eigenvalue weighted by Gasteiger charge is -2.25. The molecule has 1 aliphatic carbocycles. The van der Waals surface area contributed by atoms with E-state index in [0.717, 1.165) is 10.5 Å². The highest BCUT2D eigenvalue weighted by molar-refractivity contribution is 8.03. The number of Topliss-reactive ketones (excluding diaryl/α,β-unsaturated/α-hetero) is 1. The maximum atomic E-state index is 12.1. The molecule has 0 amide bonds. The number of aliphatic hydroxyl groups is 1. The second kappa shape index (κ2) is 4.17. The van der Waals surface area contributed by atoms with Crippen molar-refractivity contribution in [1.29, 1.82) is 0 Å². The molecule has 0 saturated heterocycles. The van der Waals surface area contributed by atoms with E-state index in [1.54, 1.807) is 11.8 Å². The average molecular weight is 244 g/mol. The van der Waals surface area contributed by atoms with Crippen molar-refractivity contribution in [1.82, 2.24) is 0 Å². The summed E-state index contributed by atoms with van der Waals surface area (Å²) in [7, 11) is 0. The van der Waals surface area contributed by atoms with Crippen LogP contribution in [-0.2, 0) is 11.2 Å². The molecule has 1 N–H and O–H groups in total. The standard InChI is InChI=1S/C14H12O2S/c15-8-10-5-6-13-11(14(10)16)7-9-3-1-2-4-12(9)17-13/h1-6,10,15H,7-8H2. The van der Waals surface area contributed by atoms with Gasteiger partial charge in [0.05, 0.1) is 12.5 Å². The van der Waals surface area contributed by atoms with Crippen LogP contribution in [0.25, 0.3) is 0 Å². The number of carbonyl (C=O) groups is 1. The van der Waals surface area contributed by atoms with Gasteiger partial charge in [-0.3, -0.25) is 4.79 Å². The number of benzene rings is 1. The molecule has 2 nitrogen and oxygen atoms in total. The Hall–Kier alpha value is -1.32. The van der Waals surface area contributed by atoms with Gasteiger partial charge in [-0.2, -0.15) is 0 Å². The fourth-order valence-electron chi connectivity index (χ4n) is 2.21. The van der Waals surface area contributed by atoms with Crippen molar-refractivity contribution in [3.8, 4) is 0 Å². The van der Waals surface area contributed by atoms with Gasteiger partial charge in [-0.15, -0.1) is 0 Å². The molecule has 1 unspecified atom stereocenters. The lowest BCUT2D eigenvalue weighted by molar-refractivity contribution is -0.119. The molecular weight excluding hydrogens is 232 g/mol. The zero-order valence-electron chi connectivity index (χ0n) is 9.22. The van der Waals surface area contributed by atoms with Gasteiger partial charge in [-0.1, -0.05) is 42.1 Å². The Morgan fingerprint density at radius 3 is 3.00 bits per heavy atom. The summed E-state index contributed by atoms with van der Waals surface area (Å²) in [6, 6.07) is 8.16. The van der Waals surface area contributed by atoms with Crippen LogP contribution >= 0.6 is 11.8 Å². The van der Waals surface area contributed by atoms with Crippen molar-refractivity contribution in [3.63, 3.8) is 0 Å². The lowest BCUT2D eigenvalue weighted by atomic mass is 9.89. The molecular formula is C14H12O2S. The molecule has 1 aromatic rings. The van der Waals surface area contributed by atoms with E-state index in [9.17, 15) is 4.79 Å². The Bertz CT molecular complexity index is 543. The van der Waals surface area contributed by atoms with E-state index in [1.165, 1.54) is 10.5 Å². The van der Waals surface area contributed by atoms with Crippen molar-refractivity contribution in [3.05, 3.63) is 52.5 Å². The SMILES string of the molecule is O=C1C2=C(C=CC1CO)Sc1ccccc1C2. The Labute approximate surface area is 104 Å². The molecule has 0 radical (unpaired) electrons. The number of fused-ring (bicyclic) bond motifs is 1. The Balaban J connectivity index is 2.00. The fourth-order valence-corrected chi connectivity index (χ4v) is 3.31. The minimum Gasteiger partial charge on any atom is -0.395 e. The van der Waals surface area contributed by atoms with Crippen LogP contribution in [0.1, 0.15) is 5.56 Å². The molecule has 2 aliphatic rings. The van der Waals surface area contributed by atoms with Gasteiger partial charge in [0, 0.05) is 21.8 Å². The van der Waals surface area contributed by atoms with Crippen LogP contribution in [-0.4, -0.2) is 17.5 Å². The maximum Gasteiger partial charge on any atom is 0.169 e. The third-order valence-electron chi connectivity index (χ3n) is 3.17. The van der Waals surface area contributed by atoms with Gasteiger partial charge in [0.2, 0.25) is 0 Å². The second-order valence-electron chi connectivity index (χ2n) is 4.24. The molecule has 0 spiro atoms. The number of carbonyl (C=O) groups excluding carboxylic acids is 1. The molecule has 0 saturated carbocycles. The van der Waals surface area contributed by atoms with E-state index in [0.29, 0.717) is 6.42 Å². The molecule has 0 fully saturated rings. The molecule has 17 heavy (non-hydrogen) atoms. The minimum atomic E-state index is -0.348. The van der Waals surface area contributed by atoms with Crippen LogP contribution in [0.4, 0.5) is 0 Å². The maximum absolute atomic E-state index is 12.1. The number of hydrogen-bond donors (Lipinski definition) is 1. The third-order valence-corrected chi connectivity index (χ3v) is 4.39. The number of allylic oxidation sites excluding steroid dienone is 2. The van der Waals surface area contributed by atoms with Gasteiger partial charge in [-0.05, 0) is 11.6 Å². The summed E-state index contributed by atoms with van der Waals surface area (Å²) in [6.45, 7) is -0.0988. The highest BCUT2D eigenvalue weighted by atomic mass is 32.2. The predicted molar refractivity (Wildman–Crippen MR) is 67.8 cm³/mol. The summed E-state index contributed by atoms with van der Waals surface area (Å²) in [5.74, 6) is -0.272. The zero-order valence-corrected chi connectivity index (χ0v) is 10.0. The molecule has 86 valence electrons. The van der Waals surface area contributed by atoms with Gasteiger partial charge in [0.15, 0.2) is 5.78 Å². The summed E-state index contributed by atoms with van der Waals surface area (Å²) >= 11 is 1.65. The fraction of sp³-hybridized carbons (Fsp3) is 0.214. The van der Waals surface area contributed by atoms with Crippen LogP contribution in [0.5, 0.6) is 0 Å². The quantitative estimate of drug-likeness (QED) is 0.824. The van der Waals surface area contributed by atoms with Gasteiger partial charge in [0.25, 0.3) is 0 Å². The van der Waals surface area contributed by atoms with Gasteiger partial charge in [0.1, 0.15) is 0 Å². The van der Waals surface area contributed by atoms with Crippen LogP contribution in [0.2, 0.25) is 0 Å². The molecule has 1 atom stereocenters. The first-order valence-electron chi connectivity index (χ1n) is 5.62. The van der Waals surface area contributed by atoms with E-state index in [1.807, 2.05) is 24.3 Å². The monoisotopic (exact) mass is 244 g/mol.